The van der Waals surface area contributed by atoms with Gasteiger partial charge in [0, 0.05) is 19.5 Å². The number of furan rings is 1. The fourth-order valence-electron chi connectivity index (χ4n) is 1.89. The maximum atomic E-state index is 12.4. The summed E-state index contributed by atoms with van der Waals surface area (Å²) in [6.07, 6.45) is 0.0903. The third-order valence-electron chi connectivity index (χ3n) is 2.92. The Morgan fingerprint density at radius 1 is 1.14 bits per heavy atom. The lowest BCUT2D eigenvalue weighted by Crippen LogP contribution is -2.33. The minimum absolute atomic E-state index is 0.0903. The Morgan fingerprint density at radius 3 is 2.43 bits per heavy atom. The smallest absolute Gasteiger partial charge is 0.289 e. The molecular formula is C15H15ClN2O3. The molecule has 0 aliphatic carbocycles. The standard InChI is InChI=1S/C15H15ClN2O3/c16-13-7-6-12(21-13)15(20)18(9-8-14(17)19)10-11-4-2-1-3-5-11/h1-7H,8-10H2,(H2,17,19). The highest BCUT2D eigenvalue weighted by molar-refractivity contribution is 6.29. The number of primary amides is 1. The normalized spacial score (nSPS) is 10.3. The summed E-state index contributed by atoms with van der Waals surface area (Å²) in [6, 6.07) is 12.5. The maximum Gasteiger partial charge on any atom is 0.289 e. The molecule has 1 heterocycles. The van der Waals surface area contributed by atoms with E-state index in [1.54, 1.807) is 0 Å². The molecule has 2 rings (SSSR count). The van der Waals surface area contributed by atoms with Gasteiger partial charge >= 0.3 is 0 Å². The number of halogens is 1. The zero-order chi connectivity index (χ0) is 15.2. The Bertz CT molecular complexity index is 625. The lowest BCUT2D eigenvalue weighted by atomic mass is 10.2. The molecule has 0 radical (unpaired) electrons. The second-order valence-electron chi connectivity index (χ2n) is 4.53. The molecule has 0 unspecified atom stereocenters. The Hall–Kier alpha value is -2.27. The van der Waals surface area contributed by atoms with Crippen LogP contribution in [0.1, 0.15) is 22.5 Å². The van der Waals surface area contributed by atoms with Crippen molar-refractivity contribution < 1.29 is 14.0 Å². The fraction of sp³-hybridized carbons (Fsp3) is 0.200. The van der Waals surface area contributed by atoms with Gasteiger partial charge in [0.1, 0.15) is 0 Å². The average Bonchev–Trinajstić information content (AvgIpc) is 2.90. The molecule has 1 aromatic carbocycles. The molecule has 0 bridgehead atoms. The molecule has 1 aromatic heterocycles. The first-order valence-electron chi connectivity index (χ1n) is 6.43. The molecule has 5 nitrogen and oxygen atoms in total. The van der Waals surface area contributed by atoms with Crippen molar-refractivity contribution in [1.82, 2.24) is 4.90 Å². The van der Waals surface area contributed by atoms with Gasteiger partial charge in [-0.15, -0.1) is 0 Å². The van der Waals surface area contributed by atoms with Gasteiger partial charge < -0.3 is 15.1 Å². The van der Waals surface area contributed by atoms with Crippen LogP contribution >= 0.6 is 11.6 Å². The van der Waals surface area contributed by atoms with Gasteiger partial charge in [0.2, 0.25) is 5.91 Å². The van der Waals surface area contributed by atoms with E-state index in [1.807, 2.05) is 30.3 Å². The van der Waals surface area contributed by atoms with Crippen molar-refractivity contribution in [3.63, 3.8) is 0 Å². The minimum atomic E-state index is -0.460. The molecule has 0 aliphatic heterocycles. The zero-order valence-corrected chi connectivity index (χ0v) is 12.0. The van der Waals surface area contributed by atoms with Crippen molar-refractivity contribution in [3.8, 4) is 0 Å². The van der Waals surface area contributed by atoms with Crippen LogP contribution in [0.3, 0.4) is 0 Å². The highest BCUT2D eigenvalue weighted by Crippen LogP contribution is 2.16. The maximum absolute atomic E-state index is 12.4. The minimum Gasteiger partial charge on any atom is -0.440 e. The first-order chi connectivity index (χ1) is 10.1. The summed E-state index contributed by atoms with van der Waals surface area (Å²) in [5.41, 5.74) is 6.11. The van der Waals surface area contributed by atoms with Crippen LogP contribution in [0.5, 0.6) is 0 Å². The van der Waals surface area contributed by atoms with E-state index in [4.69, 9.17) is 21.8 Å². The van der Waals surface area contributed by atoms with Crippen LogP contribution in [0.25, 0.3) is 0 Å². The number of rotatable bonds is 6. The van der Waals surface area contributed by atoms with Crippen LogP contribution in [0.15, 0.2) is 46.9 Å². The van der Waals surface area contributed by atoms with E-state index in [9.17, 15) is 9.59 Å². The average molecular weight is 307 g/mol. The van der Waals surface area contributed by atoms with Crippen molar-refractivity contribution in [2.45, 2.75) is 13.0 Å². The molecule has 0 saturated carbocycles. The molecular weight excluding hydrogens is 292 g/mol. The van der Waals surface area contributed by atoms with Crippen LogP contribution in [0, 0.1) is 0 Å². The first kappa shape index (κ1) is 15.1. The number of carbonyl (C=O) groups is 2. The molecule has 0 fully saturated rings. The molecule has 6 heteroatoms. The largest absolute Gasteiger partial charge is 0.440 e. The summed E-state index contributed by atoms with van der Waals surface area (Å²) >= 11 is 5.69. The summed E-state index contributed by atoms with van der Waals surface area (Å²) in [5.74, 6) is -0.647. The summed E-state index contributed by atoms with van der Waals surface area (Å²) in [7, 11) is 0. The monoisotopic (exact) mass is 306 g/mol. The summed E-state index contributed by atoms with van der Waals surface area (Å²) in [5, 5.41) is 0.146. The highest BCUT2D eigenvalue weighted by atomic mass is 35.5. The van der Waals surface area contributed by atoms with Crippen molar-refractivity contribution in [3.05, 3.63) is 59.0 Å². The van der Waals surface area contributed by atoms with Gasteiger partial charge in [-0.1, -0.05) is 30.3 Å². The molecule has 2 amide bonds. The number of amides is 2. The lowest BCUT2D eigenvalue weighted by Gasteiger charge is -2.21. The Kier molecular flexibility index (Phi) is 5.00. The van der Waals surface area contributed by atoms with Crippen LogP contribution in [-0.2, 0) is 11.3 Å². The van der Waals surface area contributed by atoms with E-state index >= 15 is 0 Å². The molecule has 0 aliphatic rings. The number of carbonyl (C=O) groups excluding carboxylic acids is 2. The predicted octanol–water partition coefficient (Wildman–Crippen LogP) is 2.45. The topological polar surface area (TPSA) is 76.5 Å². The van der Waals surface area contributed by atoms with Gasteiger partial charge in [-0.3, -0.25) is 9.59 Å². The van der Waals surface area contributed by atoms with Crippen LogP contribution < -0.4 is 5.73 Å². The van der Waals surface area contributed by atoms with E-state index in [0.29, 0.717) is 6.54 Å². The molecule has 0 atom stereocenters. The third-order valence-corrected chi connectivity index (χ3v) is 3.12. The van der Waals surface area contributed by atoms with Crippen molar-refractivity contribution in [1.29, 1.82) is 0 Å². The van der Waals surface area contributed by atoms with Crippen molar-refractivity contribution in [2.75, 3.05) is 6.54 Å². The van der Waals surface area contributed by atoms with E-state index in [0.717, 1.165) is 5.56 Å². The van der Waals surface area contributed by atoms with Gasteiger partial charge in [-0.25, -0.2) is 0 Å². The number of hydrogen-bond donors (Lipinski definition) is 1. The zero-order valence-electron chi connectivity index (χ0n) is 11.3. The van der Waals surface area contributed by atoms with Gasteiger partial charge in [0.05, 0.1) is 0 Å². The van der Waals surface area contributed by atoms with Gasteiger partial charge in [-0.2, -0.15) is 0 Å². The summed E-state index contributed by atoms with van der Waals surface area (Å²) in [4.78, 5) is 24.9. The number of nitrogens with zero attached hydrogens (tertiary/aromatic N) is 1. The van der Waals surface area contributed by atoms with Crippen LogP contribution in [0.4, 0.5) is 0 Å². The lowest BCUT2D eigenvalue weighted by molar-refractivity contribution is -0.118. The Labute approximate surface area is 127 Å². The van der Waals surface area contributed by atoms with Gasteiger partial charge in [0.25, 0.3) is 5.91 Å². The second-order valence-corrected chi connectivity index (χ2v) is 4.90. The molecule has 110 valence electrons. The molecule has 2 N–H and O–H groups in total. The molecule has 0 saturated heterocycles. The van der Waals surface area contributed by atoms with E-state index < -0.39 is 5.91 Å². The van der Waals surface area contributed by atoms with Gasteiger partial charge in [-0.05, 0) is 29.3 Å². The van der Waals surface area contributed by atoms with E-state index in [2.05, 4.69) is 0 Å². The molecule has 2 aromatic rings. The second kappa shape index (κ2) is 6.95. The van der Waals surface area contributed by atoms with E-state index in [-0.39, 0.29) is 29.9 Å². The summed E-state index contributed by atoms with van der Waals surface area (Å²) < 4.78 is 5.13. The van der Waals surface area contributed by atoms with Crippen LogP contribution in [-0.4, -0.2) is 23.3 Å². The molecule has 0 spiro atoms. The summed E-state index contributed by atoms with van der Waals surface area (Å²) in [6.45, 7) is 0.590. The number of nitrogens with two attached hydrogens (primary N) is 1. The Balaban J connectivity index is 2.14. The first-order valence-corrected chi connectivity index (χ1v) is 6.81. The van der Waals surface area contributed by atoms with Crippen LogP contribution in [0.2, 0.25) is 5.22 Å². The van der Waals surface area contributed by atoms with Gasteiger partial charge in [0.15, 0.2) is 11.0 Å². The fourth-order valence-corrected chi connectivity index (χ4v) is 2.03. The van der Waals surface area contributed by atoms with E-state index in [1.165, 1.54) is 17.0 Å². The number of hydrogen-bond acceptors (Lipinski definition) is 3. The molecule has 21 heavy (non-hydrogen) atoms. The predicted molar refractivity (Wildman–Crippen MR) is 78.7 cm³/mol. The Morgan fingerprint density at radius 2 is 1.86 bits per heavy atom. The quantitative estimate of drug-likeness (QED) is 0.890. The third kappa shape index (κ3) is 4.36. The van der Waals surface area contributed by atoms with Crippen molar-refractivity contribution >= 4 is 23.4 Å². The number of benzene rings is 1. The van der Waals surface area contributed by atoms with Crippen molar-refractivity contribution in [2.24, 2.45) is 5.73 Å². The SMILES string of the molecule is NC(=O)CCN(Cc1ccccc1)C(=O)c1ccc(Cl)o1. The highest BCUT2D eigenvalue weighted by Gasteiger charge is 2.20.